The number of aromatic nitrogens is 4. The van der Waals surface area contributed by atoms with Crippen LogP contribution in [0.1, 0.15) is 17.0 Å². The van der Waals surface area contributed by atoms with Gasteiger partial charge in [0.2, 0.25) is 0 Å². The summed E-state index contributed by atoms with van der Waals surface area (Å²) >= 11 is 0. The topological polar surface area (TPSA) is 65.8 Å². The van der Waals surface area contributed by atoms with Gasteiger partial charge in [0.1, 0.15) is 11.5 Å². The molecule has 3 aromatic heterocycles. The van der Waals surface area contributed by atoms with Crippen molar-refractivity contribution in [3.63, 3.8) is 0 Å². The van der Waals surface area contributed by atoms with Crippen LogP contribution in [0.3, 0.4) is 0 Å². The van der Waals surface area contributed by atoms with E-state index in [0.29, 0.717) is 13.1 Å². The fraction of sp³-hybridized carbons (Fsp3) is 0.167. The van der Waals surface area contributed by atoms with Crippen LogP contribution in [0.25, 0.3) is 11.0 Å². The van der Waals surface area contributed by atoms with E-state index in [2.05, 4.69) is 10.1 Å². The maximum atomic E-state index is 12.9. The summed E-state index contributed by atoms with van der Waals surface area (Å²) in [6, 6.07) is 13.6. The predicted octanol–water partition coefficient (Wildman–Crippen LogP) is 2.59. The lowest BCUT2D eigenvalue weighted by atomic mass is 10.2. The van der Waals surface area contributed by atoms with Crippen molar-refractivity contribution in [2.24, 2.45) is 0 Å². The van der Waals surface area contributed by atoms with E-state index in [1.165, 1.54) is 0 Å². The van der Waals surface area contributed by atoms with E-state index in [1.807, 2.05) is 49.4 Å². The zero-order valence-corrected chi connectivity index (χ0v) is 13.2. The Labute approximate surface area is 138 Å². The summed E-state index contributed by atoms with van der Waals surface area (Å²) in [6.07, 6.45) is 3.42. The first-order chi connectivity index (χ1) is 11.7. The van der Waals surface area contributed by atoms with Gasteiger partial charge in [0, 0.05) is 12.3 Å². The lowest BCUT2D eigenvalue weighted by molar-refractivity contribution is 0.389. The van der Waals surface area contributed by atoms with Crippen molar-refractivity contribution in [1.29, 1.82) is 0 Å². The molecule has 0 bridgehead atoms. The van der Waals surface area contributed by atoms with E-state index >= 15 is 0 Å². The minimum absolute atomic E-state index is 0.0810. The zero-order chi connectivity index (χ0) is 16.5. The Bertz CT molecular complexity index is 1040. The molecule has 0 amide bonds. The van der Waals surface area contributed by atoms with Crippen LogP contribution in [0.15, 0.2) is 64.2 Å². The van der Waals surface area contributed by atoms with E-state index < -0.39 is 0 Å². The van der Waals surface area contributed by atoms with Crippen LogP contribution in [0, 0.1) is 6.92 Å². The highest BCUT2D eigenvalue weighted by Crippen LogP contribution is 2.15. The molecule has 3 heterocycles. The zero-order valence-electron chi connectivity index (χ0n) is 13.2. The molecule has 6 nitrogen and oxygen atoms in total. The van der Waals surface area contributed by atoms with Crippen LogP contribution < -0.4 is 5.69 Å². The second-order valence-corrected chi connectivity index (χ2v) is 5.73. The van der Waals surface area contributed by atoms with E-state index in [0.717, 1.165) is 28.1 Å². The van der Waals surface area contributed by atoms with Gasteiger partial charge in [0.15, 0.2) is 0 Å². The molecule has 1 aromatic carbocycles. The Morgan fingerprint density at radius 2 is 1.83 bits per heavy atom. The highest BCUT2D eigenvalue weighted by atomic mass is 16.5. The van der Waals surface area contributed by atoms with Crippen molar-refractivity contribution >= 4 is 11.0 Å². The molecule has 120 valence electrons. The van der Waals surface area contributed by atoms with Gasteiger partial charge in [0.05, 0.1) is 30.3 Å². The molecule has 0 aliphatic rings. The number of imidazole rings is 1. The monoisotopic (exact) mass is 320 g/mol. The second-order valence-electron chi connectivity index (χ2n) is 5.73. The third-order valence-electron chi connectivity index (χ3n) is 4.00. The number of aryl methyl sites for hydroxylation is 1. The maximum absolute atomic E-state index is 12.9. The van der Waals surface area contributed by atoms with Crippen molar-refractivity contribution in [3.8, 4) is 0 Å². The first kappa shape index (κ1) is 14.4. The summed E-state index contributed by atoms with van der Waals surface area (Å²) in [7, 11) is 0. The first-order valence-electron chi connectivity index (χ1n) is 7.71. The lowest BCUT2D eigenvalue weighted by Gasteiger charge is -2.03. The Morgan fingerprint density at radius 3 is 2.58 bits per heavy atom. The largest absolute Gasteiger partial charge is 0.361 e. The minimum atomic E-state index is -0.0810. The Balaban J connectivity index is 1.82. The molecule has 6 heteroatoms. The van der Waals surface area contributed by atoms with Crippen molar-refractivity contribution < 1.29 is 4.52 Å². The van der Waals surface area contributed by atoms with Crippen molar-refractivity contribution in [3.05, 3.63) is 82.4 Å². The van der Waals surface area contributed by atoms with Gasteiger partial charge < -0.3 is 4.52 Å². The molecule has 0 radical (unpaired) electrons. The summed E-state index contributed by atoms with van der Waals surface area (Å²) in [5, 5.41) is 3.99. The van der Waals surface area contributed by atoms with Gasteiger partial charge in [-0.05, 0) is 18.6 Å². The molecule has 0 saturated carbocycles. The standard InChI is InChI=1S/C18H16N4O2/c1-13-9-15(20-24-13)12-22-17-10-19-8-7-16(17)21(18(22)23)11-14-5-3-2-4-6-14/h2-10H,11-12H2,1H3. The lowest BCUT2D eigenvalue weighted by Crippen LogP contribution is -2.25. The molecular formula is C18H16N4O2. The average Bonchev–Trinajstić information content (AvgIpc) is 3.13. The SMILES string of the molecule is Cc1cc(Cn2c(=O)n(Cc3ccccc3)c3ccncc32)no1. The molecule has 0 saturated heterocycles. The molecule has 24 heavy (non-hydrogen) atoms. The Kier molecular flexibility index (Phi) is 3.49. The van der Waals surface area contributed by atoms with Crippen molar-refractivity contribution in [2.45, 2.75) is 20.0 Å². The number of fused-ring (bicyclic) bond motifs is 1. The van der Waals surface area contributed by atoms with Crippen LogP contribution in [0.5, 0.6) is 0 Å². The van der Waals surface area contributed by atoms with Gasteiger partial charge in [-0.25, -0.2) is 4.79 Å². The van der Waals surface area contributed by atoms with E-state index in [-0.39, 0.29) is 5.69 Å². The smallest absolute Gasteiger partial charge is 0.329 e. The van der Waals surface area contributed by atoms with Crippen molar-refractivity contribution in [2.75, 3.05) is 0 Å². The second kappa shape index (κ2) is 5.81. The number of pyridine rings is 1. The fourth-order valence-electron chi connectivity index (χ4n) is 2.89. The van der Waals surface area contributed by atoms with E-state index in [4.69, 9.17) is 4.52 Å². The van der Waals surface area contributed by atoms with Crippen LogP contribution in [-0.2, 0) is 13.1 Å². The molecule has 0 aliphatic carbocycles. The summed E-state index contributed by atoms with van der Waals surface area (Å²) in [6.45, 7) is 2.71. The summed E-state index contributed by atoms with van der Waals surface area (Å²) < 4.78 is 8.55. The van der Waals surface area contributed by atoms with Gasteiger partial charge in [-0.1, -0.05) is 35.5 Å². The fourth-order valence-corrected chi connectivity index (χ4v) is 2.89. The molecular weight excluding hydrogens is 304 g/mol. The summed E-state index contributed by atoms with van der Waals surface area (Å²) in [4.78, 5) is 17.1. The maximum Gasteiger partial charge on any atom is 0.329 e. The molecule has 0 spiro atoms. The third-order valence-corrected chi connectivity index (χ3v) is 4.00. The number of hydrogen-bond donors (Lipinski definition) is 0. The number of benzene rings is 1. The quantitative estimate of drug-likeness (QED) is 0.580. The molecule has 0 unspecified atom stereocenters. The van der Waals surface area contributed by atoms with Gasteiger partial charge in [-0.3, -0.25) is 14.1 Å². The van der Waals surface area contributed by atoms with Crippen LogP contribution >= 0.6 is 0 Å². The highest BCUT2D eigenvalue weighted by molar-refractivity contribution is 5.75. The summed E-state index contributed by atoms with van der Waals surface area (Å²) in [5.74, 6) is 0.726. The number of nitrogens with zero attached hydrogens (tertiary/aromatic N) is 4. The van der Waals surface area contributed by atoms with Crippen molar-refractivity contribution in [1.82, 2.24) is 19.3 Å². The first-order valence-corrected chi connectivity index (χ1v) is 7.71. The van der Waals surface area contributed by atoms with E-state index in [1.54, 1.807) is 21.5 Å². The number of hydrogen-bond acceptors (Lipinski definition) is 4. The molecule has 0 N–H and O–H groups in total. The third kappa shape index (κ3) is 2.52. The molecule has 4 rings (SSSR count). The van der Waals surface area contributed by atoms with Crippen LogP contribution in [0.4, 0.5) is 0 Å². The highest BCUT2D eigenvalue weighted by Gasteiger charge is 2.15. The Morgan fingerprint density at radius 1 is 1.04 bits per heavy atom. The molecule has 0 atom stereocenters. The molecule has 0 aliphatic heterocycles. The minimum Gasteiger partial charge on any atom is -0.361 e. The van der Waals surface area contributed by atoms with Gasteiger partial charge >= 0.3 is 5.69 Å². The summed E-state index contributed by atoms with van der Waals surface area (Å²) in [5.41, 5.74) is 3.37. The molecule has 4 aromatic rings. The predicted molar refractivity (Wildman–Crippen MR) is 89.9 cm³/mol. The Hall–Kier alpha value is -3.15. The molecule has 0 fully saturated rings. The number of rotatable bonds is 4. The normalized spacial score (nSPS) is 11.2. The van der Waals surface area contributed by atoms with Gasteiger partial charge in [-0.15, -0.1) is 0 Å². The van der Waals surface area contributed by atoms with Crippen LogP contribution in [0.2, 0.25) is 0 Å². The van der Waals surface area contributed by atoms with Crippen LogP contribution in [-0.4, -0.2) is 19.3 Å². The van der Waals surface area contributed by atoms with Gasteiger partial charge in [0.25, 0.3) is 0 Å². The van der Waals surface area contributed by atoms with E-state index in [9.17, 15) is 4.79 Å². The average molecular weight is 320 g/mol. The van der Waals surface area contributed by atoms with Gasteiger partial charge in [-0.2, -0.15) is 0 Å².